The summed E-state index contributed by atoms with van der Waals surface area (Å²) in [5.41, 5.74) is 8.08. The molecule has 0 atom stereocenters. The van der Waals surface area contributed by atoms with E-state index in [9.17, 15) is 0 Å². The topological polar surface area (TPSA) is 43.6 Å². The molecule has 4 heteroatoms. The molecular weight excluding hydrogens is 548 g/mol. The van der Waals surface area contributed by atoms with Crippen LogP contribution in [0.3, 0.4) is 0 Å². The van der Waals surface area contributed by atoms with Crippen molar-refractivity contribution in [2.24, 2.45) is 0 Å². The number of hydrogen-bond donors (Lipinski definition) is 0. The van der Waals surface area contributed by atoms with E-state index in [1.54, 1.807) is 6.20 Å². The van der Waals surface area contributed by atoms with Gasteiger partial charge in [0.1, 0.15) is 5.69 Å². The van der Waals surface area contributed by atoms with Crippen LogP contribution in [0.5, 0.6) is 0 Å². The Labute approximate surface area is 259 Å². The Kier molecular flexibility index (Phi) is 5.78. The fourth-order valence-electron chi connectivity index (χ4n) is 6.57. The Morgan fingerprint density at radius 3 is 1.93 bits per heavy atom. The fraction of sp³-hybridized carbons (Fsp3) is 0. The van der Waals surface area contributed by atoms with Crippen molar-refractivity contribution in [1.29, 1.82) is 0 Å². The lowest BCUT2D eigenvalue weighted by Gasteiger charge is -2.15. The minimum Gasteiger partial charge on any atom is -0.309 e. The van der Waals surface area contributed by atoms with Crippen LogP contribution in [0, 0.1) is 0 Å². The zero-order valence-corrected chi connectivity index (χ0v) is 24.3. The van der Waals surface area contributed by atoms with Gasteiger partial charge < -0.3 is 4.57 Å². The van der Waals surface area contributed by atoms with Crippen molar-refractivity contribution in [1.82, 2.24) is 19.5 Å². The summed E-state index contributed by atoms with van der Waals surface area (Å²) in [4.78, 5) is 14.6. The molecule has 0 fully saturated rings. The molecule has 4 nitrogen and oxygen atoms in total. The molecule has 0 saturated heterocycles. The van der Waals surface area contributed by atoms with Gasteiger partial charge in [0.15, 0.2) is 5.82 Å². The molecule has 3 heterocycles. The summed E-state index contributed by atoms with van der Waals surface area (Å²) in [6, 6.07) is 53.2. The summed E-state index contributed by atoms with van der Waals surface area (Å²) in [5.74, 6) is 0.606. The van der Waals surface area contributed by atoms with Crippen LogP contribution in [-0.2, 0) is 0 Å². The Hall–Kier alpha value is -6.13. The van der Waals surface area contributed by atoms with Crippen LogP contribution in [0.2, 0.25) is 0 Å². The number of aromatic nitrogens is 4. The second kappa shape index (κ2) is 10.2. The van der Waals surface area contributed by atoms with Crippen LogP contribution < -0.4 is 0 Å². The van der Waals surface area contributed by atoms with Gasteiger partial charge in [-0.3, -0.25) is 4.98 Å². The first kappa shape index (κ1) is 25.4. The number of para-hydroxylation sites is 1. The Morgan fingerprint density at radius 1 is 0.422 bits per heavy atom. The lowest BCUT2D eigenvalue weighted by molar-refractivity contribution is 1.15. The molecule has 0 radical (unpaired) electrons. The summed E-state index contributed by atoms with van der Waals surface area (Å²) >= 11 is 0. The minimum atomic E-state index is 0.606. The van der Waals surface area contributed by atoms with Gasteiger partial charge in [-0.25, -0.2) is 9.97 Å². The third kappa shape index (κ3) is 4.19. The molecule has 3 aromatic heterocycles. The van der Waals surface area contributed by atoms with E-state index in [-0.39, 0.29) is 0 Å². The first-order valence-corrected chi connectivity index (χ1v) is 15.1. The number of pyridine rings is 1. The van der Waals surface area contributed by atoms with E-state index >= 15 is 0 Å². The predicted octanol–water partition coefficient (Wildman–Crippen LogP) is 10.3. The molecule has 0 spiro atoms. The number of fused-ring (bicyclic) bond motifs is 5. The molecule has 6 aromatic carbocycles. The highest BCUT2D eigenvalue weighted by Crippen LogP contribution is 2.39. The van der Waals surface area contributed by atoms with E-state index in [2.05, 4.69) is 125 Å². The van der Waals surface area contributed by atoms with Crippen molar-refractivity contribution in [2.75, 3.05) is 0 Å². The number of hydrogen-bond acceptors (Lipinski definition) is 3. The monoisotopic (exact) mass is 574 g/mol. The number of benzene rings is 6. The van der Waals surface area contributed by atoms with Crippen LogP contribution in [0.15, 0.2) is 158 Å². The van der Waals surface area contributed by atoms with E-state index in [1.807, 2.05) is 36.4 Å². The molecule has 0 aliphatic carbocycles. The number of rotatable bonds is 4. The third-order valence-electron chi connectivity index (χ3n) is 8.65. The third-order valence-corrected chi connectivity index (χ3v) is 8.65. The molecule has 0 amide bonds. The van der Waals surface area contributed by atoms with Gasteiger partial charge in [0.25, 0.3) is 0 Å². The van der Waals surface area contributed by atoms with Crippen molar-refractivity contribution >= 4 is 43.4 Å². The molecule has 0 N–H and O–H groups in total. The summed E-state index contributed by atoms with van der Waals surface area (Å²) in [7, 11) is 0. The van der Waals surface area contributed by atoms with E-state index in [0.717, 1.165) is 44.7 Å². The molecule has 0 aliphatic heterocycles. The standard InChI is InChI=1S/C41H26N4/c1-2-12-27(13-3-1)36-26-37(44-41(43-36)35-19-10-11-23-42-35)31-21-22-39(32-17-7-6-16-30(31)32)45-38-20-9-8-18-33(38)34-24-28-14-4-5-15-29(28)25-40(34)45/h1-26H. The molecule has 45 heavy (non-hydrogen) atoms. The smallest absolute Gasteiger partial charge is 0.179 e. The van der Waals surface area contributed by atoms with Crippen molar-refractivity contribution in [3.05, 3.63) is 158 Å². The van der Waals surface area contributed by atoms with Crippen molar-refractivity contribution < 1.29 is 0 Å². The first-order chi connectivity index (χ1) is 22.3. The van der Waals surface area contributed by atoms with Crippen LogP contribution in [0.4, 0.5) is 0 Å². The van der Waals surface area contributed by atoms with Crippen molar-refractivity contribution in [3.8, 4) is 39.7 Å². The van der Waals surface area contributed by atoms with Crippen LogP contribution in [0.1, 0.15) is 0 Å². The largest absolute Gasteiger partial charge is 0.309 e. The quantitative estimate of drug-likeness (QED) is 0.210. The van der Waals surface area contributed by atoms with Gasteiger partial charge in [0.05, 0.1) is 28.1 Å². The molecule has 0 aliphatic rings. The maximum Gasteiger partial charge on any atom is 0.179 e. The maximum absolute atomic E-state index is 5.10. The molecule has 0 bridgehead atoms. The molecule has 0 unspecified atom stereocenters. The molecule has 210 valence electrons. The van der Waals surface area contributed by atoms with Crippen LogP contribution >= 0.6 is 0 Å². The fourth-order valence-corrected chi connectivity index (χ4v) is 6.57. The average molecular weight is 575 g/mol. The van der Waals surface area contributed by atoms with Gasteiger partial charge in [-0.1, -0.05) is 109 Å². The van der Waals surface area contributed by atoms with E-state index in [4.69, 9.17) is 9.97 Å². The zero-order valence-electron chi connectivity index (χ0n) is 24.3. The van der Waals surface area contributed by atoms with Crippen molar-refractivity contribution in [2.45, 2.75) is 0 Å². The minimum absolute atomic E-state index is 0.606. The Morgan fingerprint density at radius 2 is 1.11 bits per heavy atom. The van der Waals surface area contributed by atoms with Crippen molar-refractivity contribution in [3.63, 3.8) is 0 Å². The summed E-state index contributed by atoms with van der Waals surface area (Å²) in [6.07, 6.45) is 1.78. The first-order valence-electron chi connectivity index (χ1n) is 15.1. The second-order valence-corrected chi connectivity index (χ2v) is 11.3. The Bertz CT molecular complexity index is 2470. The number of nitrogens with zero attached hydrogens (tertiary/aromatic N) is 4. The highest BCUT2D eigenvalue weighted by molar-refractivity contribution is 6.15. The van der Waals surface area contributed by atoms with Gasteiger partial charge >= 0.3 is 0 Å². The summed E-state index contributed by atoms with van der Waals surface area (Å²) in [6.45, 7) is 0. The van der Waals surface area contributed by atoms with Gasteiger partial charge in [-0.2, -0.15) is 0 Å². The predicted molar refractivity (Wildman–Crippen MR) is 185 cm³/mol. The molecule has 0 saturated carbocycles. The van der Waals surface area contributed by atoms with Gasteiger partial charge in [0.2, 0.25) is 0 Å². The Balaban J connectivity index is 1.31. The maximum atomic E-state index is 5.10. The van der Waals surface area contributed by atoms with E-state index in [0.29, 0.717) is 5.82 Å². The molecular formula is C41H26N4. The van der Waals surface area contributed by atoms with Gasteiger partial charge in [-0.15, -0.1) is 0 Å². The van der Waals surface area contributed by atoms with Gasteiger partial charge in [-0.05, 0) is 58.6 Å². The second-order valence-electron chi connectivity index (χ2n) is 11.3. The summed E-state index contributed by atoms with van der Waals surface area (Å²) in [5, 5.41) is 7.26. The van der Waals surface area contributed by atoms with E-state index < -0.39 is 0 Å². The molecule has 9 rings (SSSR count). The zero-order chi connectivity index (χ0) is 29.7. The average Bonchev–Trinajstić information content (AvgIpc) is 3.43. The highest BCUT2D eigenvalue weighted by atomic mass is 15.0. The van der Waals surface area contributed by atoms with Crippen LogP contribution in [0.25, 0.3) is 83.1 Å². The van der Waals surface area contributed by atoms with E-state index in [1.165, 1.54) is 32.6 Å². The summed E-state index contributed by atoms with van der Waals surface area (Å²) < 4.78 is 2.41. The lowest BCUT2D eigenvalue weighted by atomic mass is 9.99. The van der Waals surface area contributed by atoms with Gasteiger partial charge in [0, 0.05) is 33.5 Å². The lowest BCUT2D eigenvalue weighted by Crippen LogP contribution is -1.99. The SMILES string of the molecule is c1ccc(-c2cc(-c3ccc(-n4c5ccccc5c5cc6ccccc6cc54)c4ccccc34)nc(-c3ccccn3)n2)cc1. The van der Waals surface area contributed by atoms with Crippen LogP contribution in [-0.4, -0.2) is 19.5 Å². The molecule has 9 aromatic rings. The highest BCUT2D eigenvalue weighted by Gasteiger charge is 2.18. The normalized spacial score (nSPS) is 11.6.